The molecule has 0 aliphatic carbocycles. The number of aliphatic hydroxyl groups excluding tert-OH is 1. The molecule has 2 aromatic heterocycles. The van der Waals surface area contributed by atoms with Gasteiger partial charge in [0, 0.05) is 30.1 Å². The fourth-order valence-corrected chi connectivity index (χ4v) is 5.51. The summed E-state index contributed by atoms with van der Waals surface area (Å²) in [7, 11) is 1.88. The lowest BCUT2D eigenvalue weighted by Gasteiger charge is -2.44. The van der Waals surface area contributed by atoms with Gasteiger partial charge < -0.3 is 15.2 Å². The minimum absolute atomic E-state index is 0.130. The molecule has 0 aromatic carbocycles. The van der Waals surface area contributed by atoms with Crippen LogP contribution in [0.1, 0.15) is 41.1 Å². The van der Waals surface area contributed by atoms with Crippen LogP contribution < -0.4 is 5.32 Å². The number of aromatic nitrogens is 3. The van der Waals surface area contributed by atoms with E-state index in [1.807, 2.05) is 13.2 Å². The van der Waals surface area contributed by atoms with Gasteiger partial charge in [-0.2, -0.15) is 0 Å². The molecule has 2 aliphatic rings. The average molecular weight is 432 g/mol. The van der Waals surface area contributed by atoms with Crippen LogP contribution in [-0.4, -0.2) is 33.3 Å². The number of halogens is 1. The molecule has 0 radical (unpaired) electrons. The van der Waals surface area contributed by atoms with Crippen LogP contribution in [0.5, 0.6) is 0 Å². The van der Waals surface area contributed by atoms with Gasteiger partial charge in [0.1, 0.15) is 11.7 Å². The summed E-state index contributed by atoms with van der Waals surface area (Å²) in [6.07, 6.45) is 3.18. The van der Waals surface area contributed by atoms with Crippen LogP contribution in [0.3, 0.4) is 0 Å². The van der Waals surface area contributed by atoms with Crippen LogP contribution in [-0.2, 0) is 17.4 Å². The van der Waals surface area contributed by atoms with Crippen LogP contribution in [0.4, 0.5) is 0 Å². The van der Waals surface area contributed by atoms with Crippen LogP contribution >= 0.6 is 33.9 Å². The van der Waals surface area contributed by atoms with Crippen molar-refractivity contribution in [3.63, 3.8) is 0 Å². The van der Waals surface area contributed by atoms with E-state index in [-0.39, 0.29) is 11.6 Å². The maximum Gasteiger partial charge on any atom is 0.106 e. The predicted molar refractivity (Wildman–Crippen MR) is 90.6 cm³/mol. The highest BCUT2D eigenvalue weighted by Crippen LogP contribution is 2.50. The Bertz CT molecular complexity index is 703. The summed E-state index contributed by atoms with van der Waals surface area (Å²) in [6.45, 7) is 1.23. The molecule has 2 N–H and O–H groups in total. The number of aliphatic hydroxyl groups is 1. The number of fused-ring (bicyclic) bond motifs is 2. The number of hydrogen-bond acceptors (Lipinski definition) is 6. The summed E-state index contributed by atoms with van der Waals surface area (Å²) in [5.74, 6) is 0. The molecule has 22 heavy (non-hydrogen) atoms. The number of rotatable bonds is 1. The molecule has 118 valence electrons. The molecule has 1 spiro atoms. The quantitative estimate of drug-likeness (QED) is 0.674. The molecule has 6 nitrogen and oxygen atoms in total. The number of thiophene rings is 1. The molecule has 0 amide bonds. The maximum absolute atomic E-state index is 10.2. The summed E-state index contributed by atoms with van der Waals surface area (Å²) in [6, 6.07) is 2.22. The van der Waals surface area contributed by atoms with Crippen LogP contribution in [0.15, 0.2) is 12.3 Å². The molecule has 3 atom stereocenters. The van der Waals surface area contributed by atoms with Gasteiger partial charge in [-0.05, 0) is 41.6 Å². The lowest BCUT2D eigenvalue weighted by molar-refractivity contribution is -0.123. The van der Waals surface area contributed by atoms with Crippen molar-refractivity contribution in [3.05, 3.63) is 31.3 Å². The molecule has 2 aromatic rings. The SMILES string of the molecule is Cn1cc([C@@H]2C[C@]3(CCN2)OCC(O)c2cc(I)sc23)nn1. The Hall–Kier alpha value is -0.550. The summed E-state index contributed by atoms with van der Waals surface area (Å²) < 4.78 is 9.10. The molecule has 8 heteroatoms. The second-order valence-corrected chi connectivity index (χ2v) is 8.88. The molecular formula is C14H17IN4O2S. The molecule has 1 fully saturated rings. The Labute approximate surface area is 146 Å². The first-order valence-electron chi connectivity index (χ1n) is 7.29. The summed E-state index contributed by atoms with van der Waals surface area (Å²) in [5, 5.41) is 22.0. The van der Waals surface area contributed by atoms with Crippen LogP contribution in [0.2, 0.25) is 0 Å². The molecule has 0 bridgehead atoms. The Morgan fingerprint density at radius 1 is 1.59 bits per heavy atom. The van der Waals surface area contributed by atoms with Gasteiger partial charge in [-0.3, -0.25) is 4.68 Å². The topological polar surface area (TPSA) is 72.2 Å². The Kier molecular flexibility index (Phi) is 3.76. The summed E-state index contributed by atoms with van der Waals surface area (Å²) >= 11 is 4.06. The molecule has 1 unspecified atom stereocenters. The van der Waals surface area contributed by atoms with Gasteiger partial charge >= 0.3 is 0 Å². The van der Waals surface area contributed by atoms with Crippen molar-refractivity contribution in [1.29, 1.82) is 0 Å². The molecule has 4 rings (SSSR count). The van der Waals surface area contributed by atoms with Crippen molar-refractivity contribution in [3.8, 4) is 0 Å². The average Bonchev–Trinajstić information content (AvgIpc) is 3.11. The van der Waals surface area contributed by atoms with E-state index in [1.165, 1.54) is 7.76 Å². The summed E-state index contributed by atoms with van der Waals surface area (Å²) in [4.78, 5) is 1.19. The van der Waals surface area contributed by atoms with E-state index in [4.69, 9.17) is 4.74 Å². The van der Waals surface area contributed by atoms with Gasteiger partial charge in [0.25, 0.3) is 0 Å². The summed E-state index contributed by atoms with van der Waals surface area (Å²) in [5.41, 5.74) is 1.68. The standard InChI is InChI=1S/C14H17IN4O2S/c1-19-6-10(17-18-19)9-5-14(2-3-16-9)13-8(4-12(15)22-13)11(20)7-21-14/h4,6,9,11,16,20H,2-3,5,7H2,1H3/t9-,11?,14-/m0/s1. The number of ether oxygens (including phenoxy) is 1. The zero-order valence-electron chi connectivity index (χ0n) is 12.1. The molecule has 0 saturated carbocycles. The maximum atomic E-state index is 10.2. The molecule has 1 saturated heterocycles. The van der Waals surface area contributed by atoms with Crippen molar-refractivity contribution in [2.75, 3.05) is 13.2 Å². The van der Waals surface area contributed by atoms with E-state index < -0.39 is 6.10 Å². The lowest BCUT2D eigenvalue weighted by atomic mass is 9.81. The third kappa shape index (κ3) is 2.41. The largest absolute Gasteiger partial charge is 0.386 e. The smallest absolute Gasteiger partial charge is 0.106 e. The monoisotopic (exact) mass is 432 g/mol. The Morgan fingerprint density at radius 3 is 3.23 bits per heavy atom. The number of hydrogen-bond donors (Lipinski definition) is 2. The molecule has 2 aliphatic heterocycles. The first-order chi connectivity index (χ1) is 10.6. The fraction of sp³-hybridized carbons (Fsp3) is 0.571. The van der Waals surface area contributed by atoms with E-state index in [0.717, 1.165) is 30.6 Å². The van der Waals surface area contributed by atoms with Gasteiger partial charge in [0.15, 0.2) is 0 Å². The zero-order chi connectivity index (χ0) is 15.3. The van der Waals surface area contributed by atoms with E-state index in [1.54, 1.807) is 16.0 Å². The highest BCUT2D eigenvalue weighted by atomic mass is 127. The van der Waals surface area contributed by atoms with Crippen LogP contribution in [0.25, 0.3) is 0 Å². The van der Waals surface area contributed by atoms with Crippen molar-refractivity contribution in [2.45, 2.75) is 30.6 Å². The normalized spacial score (nSPS) is 31.4. The Morgan fingerprint density at radius 2 is 2.45 bits per heavy atom. The lowest BCUT2D eigenvalue weighted by Crippen LogP contribution is -2.46. The van der Waals surface area contributed by atoms with Gasteiger partial charge in [-0.15, -0.1) is 16.4 Å². The Balaban J connectivity index is 1.70. The van der Waals surface area contributed by atoms with Crippen LogP contribution in [0, 0.1) is 2.88 Å². The van der Waals surface area contributed by atoms with E-state index in [0.29, 0.717) is 6.61 Å². The minimum Gasteiger partial charge on any atom is -0.386 e. The van der Waals surface area contributed by atoms with E-state index in [2.05, 4.69) is 44.3 Å². The highest BCUT2D eigenvalue weighted by Gasteiger charge is 2.46. The first-order valence-corrected chi connectivity index (χ1v) is 9.18. The molecule has 4 heterocycles. The number of nitrogens with zero attached hydrogens (tertiary/aromatic N) is 3. The van der Waals surface area contributed by atoms with Gasteiger partial charge in [0.2, 0.25) is 0 Å². The van der Waals surface area contributed by atoms with Crippen molar-refractivity contribution < 1.29 is 9.84 Å². The second-order valence-electron chi connectivity index (χ2n) is 5.93. The molecular weight excluding hydrogens is 415 g/mol. The number of piperidine rings is 1. The number of nitrogens with one attached hydrogen (secondary N) is 1. The van der Waals surface area contributed by atoms with Gasteiger partial charge in [0.05, 0.1) is 21.2 Å². The third-order valence-corrected chi connectivity index (χ3v) is 6.55. The second kappa shape index (κ2) is 5.52. The predicted octanol–water partition coefficient (Wildman–Crippen LogP) is 1.86. The van der Waals surface area contributed by atoms with Gasteiger partial charge in [-0.25, -0.2) is 0 Å². The highest BCUT2D eigenvalue weighted by molar-refractivity contribution is 14.1. The van der Waals surface area contributed by atoms with Crippen molar-refractivity contribution >= 4 is 33.9 Å². The van der Waals surface area contributed by atoms with Gasteiger partial charge in [-0.1, -0.05) is 5.21 Å². The van der Waals surface area contributed by atoms with Crippen molar-refractivity contribution in [1.82, 2.24) is 20.3 Å². The van der Waals surface area contributed by atoms with Crippen molar-refractivity contribution in [2.24, 2.45) is 7.05 Å². The van der Waals surface area contributed by atoms with E-state index >= 15 is 0 Å². The van der Waals surface area contributed by atoms with E-state index in [9.17, 15) is 5.11 Å². The first kappa shape index (κ1) is 15.0. The third-order valence-electron chi connectivity index (χ3n) is 4.45. The fourth-order valence-electron chi connectivity index (χ4n) is 3.39. The number of aryl methyl sites for hydroxylation is 1. The minimum atomic E-state index is -0.509. The zero-order valence-corrected chi connectivity index (χ0v) is 15.1.